The second-order valence-electron chi connectivity index (χ2n) is 10.7. The lowest BCUT2D eigenvalue weighted by Crippen LogP contribution is -2.37. The number of aromatic nitrogens is 2. The maximum Gasteiger partial charge on any atom is 0.262 e. The highest BCUT2D eigenvalue weighted by Crippen LogP contribution is 2.28. The predicted molar refractivity (Wildman–Crippen MR) is 147 cm³/mol. The van der Waals surface area contributed by atoms with Crippen molar-refractivity contribution < 1.29 is 9.90 Å². The third kappa shape index (κ3) is 6.58. The topological polar surface area (TPSA) is 87.5 Å². The van der Waals surface area contributed by atoms with Gasteiger partial charge in [-0.1, -0.05) is 49.6 Å². The molecule has 1 saturated heterocycles. The van der Waals surface area contributed by atoms with Gasteiger partial charge in [0.1, 0.15) is 18.1 Å². The van der Waals surface area contributed by atoms with Crippen LogP contribution < -0.4 is 10.9 Å². The molecule has 2 saturated carbocycles. The fourth-order valence-corrected chi connectivity index (χ4v) is 5.50. The molecule has 2 aliphatic carbocycles. The number of rotatable bonds is 6. The van der Waals surface area contributed by atoms with Gasteiger partial charge < -0.3 is 15.3 Å². The van der Waals surface area contributed by atoms with Crippen molar-refractivity contribution in [2.24, 2.45) is 5.92 Å². The number of aromatic hydroxyl groups is 1. The molecular weight excluding hydrogens is 464 g/mol. The molecule has 37 heavy (non-hydrogen) atoms. The van der Waals surface area contributed by atoms with E-state index < -0.39 is 0 Å². The fourth-order valence-electron chi connectivity index (χ4n) is 5.50. The number of amides is 1. The van der Waals surface area contributed by atoms with Crippen molar-refractivity contribution in [1.29, 1.82) is 0 Å². The van der Waals surface area contributed by atoms with E-state index in [1.54, 1.807) is 6.07 Å². The Morgan fingerprint density at radius 1 is 0.946 bits per heavy atom. The number of nitrogens with one attached hydrogen (secondary N) is 1. The number of phenolic OH excluding ortho intramolecular Hbond substituents is 1. The van der Waals surface area contributed by atoms with Crippen molar-refractivity contribution in [1.82, 2.24) is 19.8 Å². The van der Waals surface area contributed by atoms with E-state index in [2.05, 4.69) is 15.2 Å². The largest absolute Gasteiger partial charge is 0.508 e. The molecule has 3 aliphatic rings. The normalized spacial score (nSPS) is 18.4. The molecule has 1 aliphatic heterocycles. The Hall–Kier alpha value is -3.19. The predicted octanol–water partition coefficient (Wildman–Crippen LogP) is 4.71. The van der Waals surface area contributed by atoms with Crippen LogP contribution in [0.4, 0.5) is 0 Å². The lowest BCUT2D eigenvalue weighted by Gasteiger charge is -2.31. The Kier molecular flexibility index (Phi) is 8.19. The molecule has 0 spiro atoms. The van der Waals surface area contributed by atoms with Crippen LogP contribution in [0.1, 0.15) is 57.8 Å². The van der Waals surface area contributed by atoms with Crippen LogP contribution in [-0.4, -0.2) is 51.1 Å². The van der Waals surface area contributed by atoms with Gasteiger partial charge in [0.15, 0.2) is 0 Å². The summed E-state index contributed by atoms with van der Waals surface area (Å²) >= 11 is 0. The number of fused-ring (bicyclic) bond motifs is 1. The first-order valence-electron chi connectivity index (χ1n) is 13.9. The van der Waals surface area contributed by atoms with Gasteiger partial charge in [-0.3, -0.25) is 14.2 Å². The summed E-state index contributed by atoms with van der Waals surface area (Å²) in [6.07, 6.45) is 12.6. The quantitative estimate of drug-likeness (QED) is 0.510. The number of piperidine rings is 1. The number of nitrogens with zero attached hydrogens (tertiary/aromatic N) is 3. The van der Waals surface area contributed by atoms with E-state index in [-0.39, 0.29) is 23.8 Å². The SMILES string of the molecule is C1CCN(C2CCCC2)CC1.O=C(Cn1c(-c2ccccc2)nc2ccc(O)cc2c1=O)NCC1CC1. The summed E-state index contributed by atoms with van der Waals surface area (Å²) in [6, 6.07) is 14.8. The Labute approximate surface area is 218 Å². The van der Waals surface area contributed by atoms with Crippen LogP contribution >= 0.6 is 0 Å². The molecule has 0 bridgehead atoms. The third-order valence-corrected chi connectivity index (χ3v) is 7.79. The molecule has 0 atom stereocenters. The molecule has 3 aromatic rings. The second-order valence-corrected chi connectivity index (χ2v) is 10.7. The summed E-state index contributed by atoms with van der Waals surface area (Å²) in [5.41, 5.74) is 0.905. The van der Waals surface area contributed by atoms with Gasteiger partial charge in [-0.05, 0) is 75.7 Å². The number of likely N-dealkylation sites (tertiary alicyclic amines) is 1. The van der Waals surface area contributed by atoms with E-state index in [1.165, 1.54) is 74.7 Å². The summed E-state index contributed by atoms with van der Waals surface area (Å²) in [5.74, 6) is 0.789. The molecule has 7 nitrogen and oxygen atoms in total. The molecule has 6 rings (SSSR count). The highest BCUT2D eigenvalue weighted by molar-refractivity contribution is 5.82. The summed E-state index contributed by atoms with van der Waals surface area (Å²) in [6.45, 7) is 3.33. The van der Waals surface area contributed by atoms with Crippen LogP contribution in [0.25, 0.3) is 22.3 Å². The van der Waals surface area contributed by atoms with Crippen molar-refractivity contribution in [3.05, 3.63) is 58.9 Å². The van der Waals surface area contributed by atoms with E-state index in [0.717, 1.165) is 24.4 Å². The van der Waals surface area contributed by atoms with Gasteiger partial charge in [-0.25, -0.2) is 4.98 Å². The Morgan fingerprint density at radius 3 is 2.38 bits per heavy atom. The average Bonchev–Trinajstić information content (AvgIpc) is 3.61. The van der Waals surface area contributed by atoms with Crippen LogP contribution in [0.15, 0.2) is 53.3 Å². The van der Waals surface area contributed by atoms with Gasteiger partial charge in [0.2, 0.25) is 5.91 Å². The van der Waals surface area contributed by atoms with Gasteiger partial charge in [0.25, 0.3) is 5.56 Å². The Balaban J connectivity index is 0.000000212. The zero-order chi connectivity index (χ0) is 25.6. The first-order valence-corrected chi connectivity index (χ1v) is 13.9. The standard InChI is InChI=1S/C20H19N3O3.C10H19N/c24-15-8-9-17-16(10-15)20(26)23(12-18(25)21-11-13-6-7-13)19(22-17)14-4-2-1-3-5-14;1-4-8-11(9-5-1)10-6-2-3-7-10/h1-5,8-10,13,24H,6-7,11-12H2,(H,21,25);10H,1-9H2. The second kappa shape index (κ2) is 11.9. The molecule has 2 N–H and O–H groups in total. The van der Waals surface area contributed by atoms with E-state index in [1.807, 2.05) is 30.3 Å². The third-order valence-electron chi connectivity index (χ3n) is 7.79. The molecule has 2 aromatic carbocycles. The van der Waals surface area contributed by atoms with Gasteiger partial charge in [0.05, 0.1) is 10.9 Å². The molecule has 196 valence electrons. The number of carbonyl (C=O) groups is 1. The number of benzene rings is 2. The number of hydrogen-bond acceptors (Lipinski definition) is 5. The van der Waals surface area contributed by atoms with E-state index in [0.29, 0.717) is 29.2 Å². The van der Waals surface area contributed by atoms with Crippen LogP contribution in [0.5, 0.6) is 5.75 Å². The molecule has 0 radical (unpaired) electrons. The molecule has 0 unspecified atom stereocenters. The minimum Gasteiger partial charge on any atom is -0.508 e. The first-order chi connectivity index (χ1) is 18.1. The van der Waals surface area contributed by atoms with Crippen LogP contribution in [0, 0.1) is 5.92 Å². The molecule has 3 fully saturated rings. The molecular formula is C30H38N4O3. The highest BCUT2D eigenvalue weighted by Gasteiger charge is 2.24. The lowest BCUT2D eigenvalue weighted by molar-refractivity contribution is -0.121. The number of hydrogen-bond donors (Lipinski definition) is 2. The molecule has 1 amide bonds. The smallest absolute Gasteiger partial charge is 0.262 e. The molecule has 7 heteroatoms. The highest BCUT2D eigenvalue weighted by atomic mass is 16.3. The minimum atomic E-state index is -0.341. The molecule has 1 aromatic heterocycles. The zero-order valence-electron chi connectivity index (χ0n) is 21.6. The summed E-state index contributed by atoms with van der Waals surface area (Å²) < 4.78 is 1.37. The number of carbonyl (C=O) groups excluding carboxylic acids is 1. The van der Waals surface area contributed by atoms with Crippen molar-refractivity contribution >= 4 is 16.8 Å². The summed E-state index contributed by atoms with van der Waals surface area (Å²) in [4.78, 5) is 32.6. The van der Waals surface area contributed by atoms with Crippen molar-refractivity contribution in [3.63, 3.8) is 0 Å². The summed E-state index contributed by atoms with van der Waals surface area (Å²) in [5, 5.41) is 12.9. The zero-order valence-corrected chi connectivity index (χ0v) is 21.6. The van der Waals surface area contributed by atoms with Gasteiger partial charge in [0, 0.05) is 18.2 Å². The van der Waals surface area contributed by atoms with Crippen molar-refractivity contribution in [2.75, 3.05) is 19.6 Å². The summed E-state index contributed by atoms with van der Waals surface area (Å²) in [7, 11) is 0. The van der Waals surface area contributed by atoms with Gasteiger partial charge in [-0.15, -0.1) is 0 Å². The van der Waals surface area contributed by atoms with Crippen LogP contribution in [0.3, 0.4) is 0 Å². The fraction of sp³-hybridized carbons (Fsp3) is 0.500. The number of phenols is 1. The van der Waals surface area contributed by atoms with Crippen molar-refractivity contribution in [2.45, 2.75) is 70.4 Å². The van der Waals surface area contributed by atoms with E-state index >= 15 is 0 Å². The van der Waals surface area contributed by atoms with Crippen molar-refractivity contribution in [3.8, 4) is 17.1 Å². The first kappa shape index (κ1) is 25.5. The Morgan fingerprint density at radius 2 is 1.68 bits per heavy atom. The lowest BCUT2D eigenvalue weighted by atomic mass is 10.1. The maximum absolute atomic E-state index is 13.0. The van der Waals surface area contributed by atoms with E-state index in [9.17, 15) is 14.7 Å². The molecule has 2 heterocycles. The van der Waals surface area contributed by atoms with Gasteiger partial charge in [-0.2, -0.15) is 0 Å². The average molecular weight is 503 g/mol. The van der Waals surface area contributed by atoms with E-state index in [4.69, 9.17) is 0 Å². The minimum absolute atomic E-state index is 0.00593. The Bertz CT molecular complexity index is 1260. The van der Waals surface area contributed by atoms with Crippen LogP contribution in [0.2, 0.25) is 0 Å². The van der Waals surface area contributed by atoms with Gasteiger partial charge >= 0.3 is 0 Å². The monoisotopic (exact) mass is 502 g/mol. The van der Waals surface area contributed by atoms with Crippen LogP contribution in [-0.2, 0) is 11.3 Å². The maximum atomic E-state index is 13.0.